The van der Waals surface area contributed by atoms with Crippen LogP contribution < -0.4 is 14.8 Å². The van der Waals surface area contributed by atoms with Crippen molar-refractivity contribution in [3.05, 3.63) is 22.7 Å². The van der Waals surface area contributed by atoms with Gasteiger partial charge in [0, 0.05) is 13.1 Å². The van der Waals surface area contributed by atoms with Crippen LogP contribution in [0, 0.1) is 5.92 Å². The van der Waals surface area contributed by atoms with Crippen molar-refractivity contribution in [3.8, 4) is 11.5 Å². The van der Waals surface area contributed by atoms with Crippen LogP contribution in [0.25, 0.3) is 0 Å². The largest absolute Gasteiger partial charge is 0.486 e. The summed E-state index contributed by atoms with van der Waals surface area (Å²) in [5, 5.41) is 3.50. The molecule has 1 unspecified atom stereocenters. The van der Waals surface area contributed by atoms with Gasteiger partial charge in [-0.05, 0) is 56.0 Å². The van der Waals surface area contributed by atoms with E-state index >= 15 is 0 Å². The molecule has 1 aromatic carbocycles. The maximum atomic E-state index is 12.2. The fourth-order valence-electron chi connectivity index (χ4n) is 3.53. The van der Waals surface area contributed by atoms with Crippen LogP contribution in [0.4, 0.5) is 0 Å². The number of nitrogens with one attached hydrogen (secondary N) is 1. The van der Waals surface area contributed by atoms with Crippen molar-refractivity contribution in [3.63, 3.8) is 0 Å². The van der Waals surface area contributed by atoms with Gasteiger partial charge in [-0.15, -0.1) is 0 Å². The molecule has 3 rings (SSSR count). The van der Waals surface area contributed by atoms with Crippen molar-refractivity contribution >= 4 is 17.5 Å². The molecule has 1 amide bonds. The van der Waals surface area contributed by atoms with E-state index in [2.05, 4.69) is 17.1 Å². The van der Waals surface area contributed by atoms with E-state index in [1.807, 2.05) is 6.07 Å². The minimum atomic E-state index is 0.0137. The van der Waals surface area contributed by atoms with E-state index in [1.165, 1.54) is 25.9 Å². The zero-order valence-electron chi connectivity index (χ0n) is 14.9. The van der Waals surface area contributed by atoms with E-state index in [4.69, 9.17) is 21.1 Å². The molecular weight excluding hydrogens is 340 g/mol. The van der Waals surface area contributed by atoms with Crippen LogP contribution >= 0.6 is 11.6 Å². The number of nitrogens with zero attached hydrogens (tertiary/aromatic N) is 1. The molecule has 0 bridgehead atoms. The molecule has 6 heteroatoms. The molecule has 5 nitrogen and oxygen atoms in total. The van der Waals surface area contributed by atoms with Crippen molar-refractivity contribution in [2.75, 3.05) is 39.4 Å². The van der Waals surface area contributed by atoms with E-state index in [0.717, 1.165) is 24.4 Å². The van der Waals surface area contributed by atoms with E-state index in [0.29, 0.717) is 42.7 Å². The Morgan fingerprint density at radius 2 is 2.20 bits per heavy atom. The number of benzene rings is 1. The smallest absolute Gasteiger partial charge is 0.224 e. The predicted molar refractivity (Wildman–Crippen MR) is 98.6 cm³/mol. The molecule has 1 atom stereocenters. The Morgan fingerprint density at radius 1 is 1.36 bits per heavy atom. The minimum absolute atomic E-state index is 0.0137. The summed E-state index contributed by atoms with van der Waals surface area (Å²) in [4.78, 5) is 14.7. The zero-order valence-corrected chi connectivity index (χ0v) is 15.6. The lowest BCUT2D eigenvalue weighted by Crippen LogP contribution is -2.36. The van der Waals surface area contributed by atoms with Gasteiger partial charge in [-0.2, -0.15) is 0 Å². The summed E-state index contributed by atoms with van der Waals surface area (Å²) >= 11 is 6.21. The van der Waals surface area contributed by atoms with Gasteiger partial charge in [-0.1, -0.05) is 18.5 Å². The Bertz CT molecular complexity index is 609. The highest BCUT2D eigenvalue weighted by Crippen LogP contribution is 2.38. The number of carbonyl (C=O) groups excluding carboxylic acids is 1. The van der Waals surface area contributed by atoms with Crippen molar-refractivity contribution in [2.45, 2.75) is 32.6 Å². The molecular formula is C19H27ClN2O3. The highest BCUT2D eigenvalue weighted by molar-refractivity contribution is 6.32. The number of rotatable bonds is 6. The summed E-state index contributed by atoms with van der Waals surface area (Å²) < 4.78 is 11.1. The lowest BCUT2D eigenvalue weighted by molar-refractivity contribution is -0.120. The lowest BCUT2D eigenvalue weighted by atomic mass is 10.0. The topological polar surface area (TPSA) is 50.8 Å². The summed E-state index contributed by atoms with van der Waals surface area (Å²) in [6, 6.07) is 3.62. The molecule has 25 heavy (non-hydrogen) atoms. The zero-order chi connectivity index (χ0) is 17.6. The Hall–Kier alpha value is -1.46. The van der Waals surface area contributed by atoms with Gasteiger partial charge in [0.1, 0.15) is 13.2 Å². The highest BCUT2D eigenvalue weighted by Gasteiger charge is 2.18. The average Bonchev–Trinajstić information content (AvgIpc) is 2.59. The number of ether oxygens (including phenoxy) is 2. The molecule has 0 radical (unpaired) electrons. The Morgan fingerprint density at radius 3 is 3.04 bits per heavy atom. The van der Waals surface area contributed by atoms with E-state index in [9.17, 15) is 4.79 Å². The molecule has 1 saturated heterocycles. The monoisotopic (exact) mass is 366 g/mol. The molecule has 0 aromatic heterocycles. The lowest BCUT2D eigenvalue weighted by Gasteiger charge is -2.30. The third-order valence-electron chi connectivity index (χ3n) is 4.74. The molecule has 2 aliphatic heterocycles. The van der Waals surface area contributed by atoms with Crippen molar-refractivity contribution < 1.29 is 14.3 Å². The first kappa shape index (κ1) is 18.3. The highest BCUT2D eigenvalue weighted by atomic mass is 35.5. The first-order chi connectivity index (χ1) is 12.1. The number of likely N-dealkylation sites (tertiary alicyclic amines) is 1. The summed E-state index contributed by atoms with van der Waals surface area (Å²) in [6.07, 6.45) is 3.92. The quantitative estimate of drug-likeness (QED) is 0.786. The first-order valence-corrected chi connectivity index (χ1v) is 9.56. The number of carbonyl (C=O) groups is 1. The SMILES string of the molecule is CC1CCCN(CCCNC(=O)Cc2cc(Cl)c3c(c2)OCCO3)C1. The van der Waals surface area contributed by atoms with Crippen LogP contribution in [0.5, 0.6) is 11.5 Å². The molecule has 0 aliphatic carbocycles. The van der Waals surface area contributed by atoms with Gasteiger partial charge in [0.2, 0.25) is 5.91 Å². The molecule has 138 valence electrons. The average molecular weight is 367 g/mol. The van der Waals surface area contributed by atoms with Crippen LogP contribution in [0.15, 0.2) is 12.1 Å². The van der Waals surface area contributed by atoms with Gasteiger partial charge in [0.15, 0.2) is 11.5 Å². The first-order valence-electron chi connectivity index (χ1n) is 9.19. The van der Waals surface area contributed by atoms with E-state index < -0.39 is 0 Å². The molecule has 1 N–H and O–H groups in total. The number of halogens is 1. The number of hydrogen-bond donors (Lipinski definition) is 1. The van der Waals surface area contributed by atoms with Gasteiger partial charge in [-0.3, -0.25) is 4.79 Å². The second-order valence-corrected chi connectivity index (χ2v) is 7.44. The normalized spacial score (nSPS) is 20.3. The number of hydrogen-bond acceptors (Lipinski definition) is 4. The van der Waals surface area contributed by atoms with Gasteiger partial charge in [-0.25, -0.2) is 0 Å². The predicted octanol–water partition coefficient (Wildman–Crippen LogP) is 2.89. The van der Waals surface area contributed by atoms with E-state index in [1.54, 1.807) is 6.07 Å². The van der Waals surface area contributed by atoms with Gasteiger partial charge in [0.05, 0.1) is 11.4 Å². The molecule has 1 fully saturated rings. The Labute approximate surface area is 154 Å². The minimum Gasteiger partial charge on any atom is -0.486 e. The van der Waals surface area contributed by atoms with Crippen molar-refractivity contribution in [2.24, 2.45) is 5.92 Å². The van der Waals surface area contributed by atoms with Crippen LogP contribution in [0.1, 0.15) is 31.7 Å². The summed E-state index contributed by atoms with van der Waals surface area (Å²) in [7, 11) is 0. The molecule has 1 aromatic rings. The third-order valence-corrected chi connectivity index (χ3v) is 5.02. The van der Waals surface area contributed by atoms with Crippen molar-refractivity contribution in [1.82, 2.24) is 10.2 Å². The Balaban J connectivity index is 1.41. The fourth-order valence-corrected chi connectivity index (χ4v) is 3.82. The van der Waals surface area contributed by atoms with Gasteiger partial charge in [0.25, 0.3) is 0 Å². The number of piperidine rings is 1. The third kappa shape index (κ3) is 5.25. The van der Waals surface area contributed by atoms with Crippen LogP contribution in [0.2, 0.25) is 5.02 Å². The maximum Gasteiger partial charge on any atom is 0.224 e. The summed E-state index contributed by atoms with van der Waals surface area (Å²) in [5.41, 5.74) is 0.844. The fraction of sp³-hybridized carbons (Fsp3) is 0.632. The standard InChI is InChI=1S/C19H27ClN2O3/c1-14-4-2-6-22(13-14)7-3-5-21-18(23)12-15-10-16(20)19-17(11-15)24-8-9-25-19/h10-11,14H,2-9,12-13H2,1H3,(H,21,23). The summed E-state index contributed by atoms with van der Waals surface area (Å²) in [5.74, 6) is 2.01. The number of amides is 1. The second-order valence-electron chi connectivity index (χ2n) is 7.03. The van der Waals surface area contributed by atoms with Gasteiger partial charge < -0.3 is 19.7 Å². The second kappa shape index (κ2) is 8.77. The van der Waals surface area contributed by atoms with Gasteiger partial charge >= 0.3 is 0 Å². The Kier molecular flexibility index (Phi) is 6.43. The molecule has 0 saturated carbocycles. The van der Waals surface area contributed by atoms with Crippen LogP contribution in [-0.4, -0.2) is 50.2 Å². The number of fused-ring (bicyclic) bond motifs is 1. The molecule has 0 spiro atoms. The molecule has 2 aliphatic rings. The summed E-state index contributed by atoms with van der Waals surface area (Å²) in [6.45, 7) is 7.46. The molecule has 2 heterocycles. The maximum absolute atomic E-state index is 12.2. The van der Waals surface area contributed by atoms with Crippen molar-refractivity contribution in [1.29, 1.82) is 0 Å². The van der Waals surface area contributed by atoms with Crippen LogP contribution in [-0.2, 0) is 11.2 Å². The van der Waals surface area contributed by atoms with E-state index in [-0.39, 0.29) is 5.91 Å². The van der Waals surface area contributed by atoms with Crippen LogP contribution in [0.3, 0.4) is 0 Å².